The Labute approximate surface area is 137 Å². The van der Waals surface area contributed by atoms with Gasteiger partial charge in [0.1, 0.15) is 0 Å². The number of rotatable bonds is 11. The predicted molar refractivity (Wildman–Crippen MR) is 81.1 cm³/mol. The van der Waals surface area contributed by atoms with Crippen molar-refractivity contribution in [3.8, 4) is 0 Å². The lowest BCUT2D eigenvalue weighted by molar-refractivity contribution is -0.132. The molecule has 0 unspecified atom stereocenters. The molecule has 0 aromatic carbocycles. The Morgan fingerprint density at radius 1 is 0.708 bits per heavy atom. The fourth-order valence-electron chi connectivity index (χ4n) is 2.24. The first kappa shape index (κ1) is 21.5. The van der Waals surface area contributed by atoms with Crippen LogP contribution in [-0.2, 0) is 14.4 Å². The average molecular weight is 344 g/mol. The maximum Gasteiger partial charge on any atom is 0.328 e. The lowest BCUT2D eigenvalue weighted by atomic mass is 9.61. The van der Waals surface area contributed by atoms with Crippen LogP contribution in [0.4, 0.5) is 0 Å². The van der Waals surface area contributed by atoms with Gasteiger partial charge in [0, 0.05) is 35.7 Å². The molecule has 24 heavy (non-hydrogen) atoms. The summed E-state index contributed by atoms with van der Waals surface area (Å²) in [5.74, 6) is -4.21. The van der Waals surface area contributed by atoms with Crippen LogP contribution in [-0.4, -0.2) is 68.4 Å². The minimum absolute atomic E-state index is 0.252. The Morgan fingerprint density at radius 3 is 1.25 bits per heavy atom. The van der Waals surface area contributed by atoms with Crippen LogP contribution in [0.5, 0.6) is 0 Å². The van der Waals surface area contributed by atoms with E-state index in [9.17, 15) is 29.7 Å². The molecule has 0 aliphatic carbocycles. The van der Waals surface area contributed by atoms with E-state index in [4.69, 9.17) is 15.3 Å². The summed E-state index contributed by atoms with van der Waals surface area (Å²) in [6.45, 7) is -2.07. The van der Waals surface area contributed by atoms with Gasteiger partial charge in [0.2, 0.25) is 0 Å². The van der Waals surface area contributed by atoms with E-state index >= 15 is 0 Å². The Morgan fingerprint density at radius 2 is 1.04 bits per heavy atom. The van der Waals surface area contributed by atoms with E-state index in [1.165, 1.54) is 0 Å². The van der Waals surface area contributed by atoms with Gasteiger partial charge in [-0.25, -0.2) is 14.4 Å². The standard InChI is InChI=1S/C15H20O9/c16-8-7-15(9-17,10-18)14(4-1-11(19)20,5-2-12(21)22)6-3-13(23)24/h1-6,16-18H,7-10H2,(H,19,20)(H,21,22)(H,23,24). The number of hydrogen-bond acceptors (Lipinski definition) is 6. The molecule has 0 saturated carbocycles. The number of allylic oxidation sites excluding steroid dienone is 3. The third-order valence-electron chi connectivity index (χ3n) is 3.62. The largest absolute Gasteiger partial charge is 0.478 e. The molecular weight excluding hydrogens is 324 g/mol. The molecule has 6 N–H and O–H groups in total. The molecule has 0 rings (SSSR count). The molecular formula is C15H20O9. The van der Waals surface area contributed by atoms with E-state index in [0.29, 0.717) is 18.2 Å². The molecule has 0 aliphatic heterocycles. The van der Waals surface area contributed by atoms with Gasteiger partial charge in [0.05, 0.1) is 13.2 Å². The molecule has 9 nitrogen and oxygen atoms in total. The Bertz CT molecular complexity index is 481. The smallest absolute Gasteiger partial charge is 0.328 e. The number of carboxylic acids is 3. The molecule has 0 heterocycles. The van der Waals surface area contributed by atoms with Gasteiger partial charge in [-0.15, -0.1) is 0 Å². The highest BCUT2D eigenvalue weighted by atomic mass is 16.4. The first-order valence-corrected chi connectivity index (χ1v) is 6.77. The maximum atomic E-state index is 10.8. The molecule has 0 aromatic rings. The van der Waals surface area contributed by atoms with Gasteiger partial charge >= 0.3 is 17.9 Å². The zero-order chi connectivity index (χ0) is 18.8. The first-order chi connectivity index (χ1) is 11.2. The summed E-state index contributed by atoms with van der Waals surface area (Å²) in [5.41, 5.74) is -3.42. The van der Waals surface area contributed by atoms with Crippen molar-refractivity contribution in [3.63, 3.8) is 0 Å². The maximum absolute atomic E-state index is 10.8. The zero-order valence-electron chi connectivity index (χ0n) is 12.7. The summed E-state index contributed by atoms with van der Waals surface area (Å²) in [7, 11) is 0. The molecule has 0 bridgehead atoms. The second kappa shape index (κ2) is 9.60. The molecule has 134 valence electrons. The number of hydrogen-bond donors (Lipinski definition) is 6. The summed E-state index contributed by atoms with van der Waals surface area (Å²) in [6.07, 6.45) is 4.52. The van der Waals surface area contributed by atoms with E-state index in [1.807, 2.05) is 0 Å². The molecule has 0 fully saturated rings. The van der Waals surface area contributed by atoms with Gasteiger partial charge < -0.3 is 30.6 Å². The van der Waals surface area contributed by atoms with Crippen LogP contribution in [0, 0.1) is 10.8 Å². The van der Waals surface area contributed by atoms with Gasteiger partial charge in [0.25, 0.3) is 0 Å². The van der Waals surface area contributed by atoms with Crippen molar-refractivity contribution in [2.24, 2.45) is 10.8 Å². The highest BCUT2D eigenvalue weighted by Gasteiger charge is 2.46. The van der Waals surface area contributed by atoms with Crippen molar-refractivity contribution in [2.45, 2.75) is 6.42 Å². The topological polar surface area (TPSA) is 173 Å². The lowest BCUT2D eigenvalue weighted by Crippen LogP contribution is -2.45. The third kappa shape index (κ3) is 5.61. The van der Waals surface area contributed by atoms with Gasteiger partial charge in [-0.05, 0) is 6.42 Å². The van der Waals surface area contributed by atoms with E-state index in [2.05, 4.69) is 0 Å². The highest BCUT2D eigenvalue weighted by molar-refractivity contribution is 5.82. The van der Waals surface area contributed by atoms with Crippen LogP contribution in [0.3, 0.4) is 0 Å². The number of carboxylic acid groups (broad SMARTS) is 3. The normalized spacial score (nSPS) is 15.1. The molecule has 0 amide bonds. The fraction of sp³-hybridized carbons (Fsp3) is 0.400. The number of carbonyl (C=O) groups is 3. The van der Waals surface area contributed by atoms with E-state index in [1.54, 1.807) is 0 Å². The van der Waals surface area contributed by atoms with Gasteiger partial charge in [0.15, 0.2) is 0 Å². The minimum Gasteiger partial charge on any atom is -0.478 e. The van der Waals surface area contributed by atoms with Crippen LogP contribution in [0.2, 0.25) is 0 Å². The van der Waals surface area contributed by atoms with Crippen LogP contribution in [0.25, 0.3) is 0 Å². The lowest BCUT2D eigenvalue weighted by Gasteiger charge is -2.43. The first-order valence-electron chi connectivity index (χ1n) is 6.77. The van der Waals surface area contributed by atoms with Crippen molar-refractivity contribution in [3.05, 3.63) is 36.5 Å². The third-order valence-corrected chi connectivity index (χ3v) is 3.62. The number of aliphatic hydroxyl groups is 3. The second-order valence-corrected chi connectivity index (χ2v) is 5.02. The van der Waals surface area contributed by atoms with Crippen LogP contribution in [0.15, 0.2) is 36.5 Å². The Hall–Kier alpha value is -2.49. The average Bonchev–Trinajstić information content (AvgIpc) is 2.52. The second-order valence-electron chi connectivity index (χ2n) is 5.02. The summed E-state index contributed by atoms with van der Waals surface area (Å²) in [4.78, 5) is 32.5. The van der Waals surface area contributed by atoms with E-state index in [-0.39, 0.29) is 6.42 Å². The summed E-state index contributed by atoms with van der Waals surface area (Å²) in [5, 5.41) is 55.2. The Balaban J connectivity index is 6.56. The molecule has 9 heteroatoms. The van der Waals surface area contributed by atoms with Gasteiger partial charge in [-0.1, -0.05) is 18.2 Å². The molecule has 0 atom stereocenters. The van der Waals surface area contributed by atoms with Crippen molar-refractivity contribution in [1.82, 2.24) is 0 Å². The SMILES string of the molecule is O=C(O)C=CC(C=CC(=O)O)(C=CC(=O)O)C(CO)(CO)CCO. The van der Waals surface area contributed by atoms with Crippen LogP contribution >= 0.6 is 0 Å². The molecule has 0 aromatic heterocycles. The van der Waals surface area contributed by atoms with Crippen molar-refractivity contribution >= 4 is 17.9 Å². The molecule has 0 spiro atoms. The van der Waals surface area contributed by atoms with Crippen LogP contribution in [0.1, 0.15) is 6.42 Å². The summed E-state index contributed by atoms with van der Waals surface area (Å²) in [6, 6.07) is 0. The highest BCUT2D eigenvalue weighted by Crippen LogP contribution is 2.46. The van der Waals surface area contributed by atoms with Crippen molar-refractivity contribution in [2.75, 3.05) is 19.8 Å². The molecule has 0 radical (unpaired) electrons. The van der Waals surface area contributed by atoms with Gasteiger partial charge in [-0.2, -0.15) is 0 Å². The predicted octanol–water partition coefficient (Wildman–Crippen LogP) is -0.751. The molecule has 0 aliphatic rings. The molecule has 0 saturated heterocycles. The van der Waals surface area contributed by atoms with E-state index in [0.717, 1.165) is 18.2 Å². The van der Waals surface area contributed by atoms with Crippen molar-refractivity contribution < 1.29 is 45.0 Å². The Kier molecular flexibility index (Phi) is 8.61. The quantitative estimate of drug-likeness (QED) is 0.264. The minimum atomic E-state index is -1.78. The fourth-order valence-corrected chi connectivity index (χ4v) is 2.24. The summed E-state index contributed by atoms with van der Waals surface area (Å²) < 4.78 is 0. The zero-order valence-corrected chi connectivity index (χ0v) is 12.7. The number of aliphatic hydroxyl groups excluding tert-OH is 3. The summed E-state index contributed by atoms with van der Waals surface area (Å²) >= 11 is 0. The monoisotopic (exact) mass is 344 g/mol. The van der Waals surface area contributed by atoms with Crippen molar-refractivity contribution in [1.29, 1.82) is 0 Å². The number of aliphatic carboxylic acids is 3. The van der Waals surface area contributed by atoms with Crippen LogP contribution < -0.4 is 0 Å². The van der Waals surface area contributed by atoms with Gasteiger partial charge in [-0.3, -0.25) is 0 Å². The van der Waals surface area contributed by atoms with E-state index < -0.39 is 48.6 Å².